The molecule has 1 rings (SSSR count). The maximum absolute atomic E-state index is 5.76. The average Bonchev–Trinajstić information content (AvgIpc) is 2.51. The van der Waals surface area contributed by atoms with Gasteiger partial charge in [0.25, 0.3) is 0 Å². The van der Waals surface area contributed by atoms with Crippen LogP contribution in [0, 0.1) is 7.14 Å². The van der Waals surface area contributed by atoms with Gasteiger partial charge in [-0.3, -0.25) is 0 Å². The van der Waals surface area contributed by atoms with Gasteiger partial charge in [-0.05, 0) is 70.2 Å². The Morgan fingerprint density at radius 2 is 1.09 bits per heavy atom. The molecule has 0 aliphatic rings. The number of benzene rings is 1. The molecule has 126 valence electrons. The summed E-state index contributed by atoms with van der Waals surface area (Å²) in [5.74, 6) is 1.75. The van der Waals surface area contributed by atoms with Crippen LogP contribution in [0.2, 0.25) is 0 Å². The Morgan fingerprint density at radius 3 is 1.45 bits per heavy atom. The Morgan fingerprint density at radius 1 is 0.682 bits per heavy atom. The van der Waals surface area contributed by atoms with Crippen LogP contribution in [0.25, 0.3) is 0 Å². The zero-order valence-corrected chi connectivity index (χ0v) is 17.5. The fourth-order valence-corrected chi connectivity index (χ4v) is 2.83. The molecule has 22 heavy (non-hydrogen) atoms. The van der Waals surface area contributed by atoms with E-state index in [1.807, 2.05) is 12.1 Å². The molecule has 0 bridgehead atoms. The Hall–Kier alpha value is 0.200. The van der Waals surface area contributed by atoms with Crippen LogP contribution in [0.4, 0.5) is 0 Å². The van der Waals surface area contributed by atoms with Gasteiger partial charge < -0.3 is 18.9 Å². The SMILES string of the molecule is CCCOCCOc1cc(I)c(OCCOCCC)cc1I. The summed E-state index contributed by atoms with van der Waals surface area (Å²) < 4.78 is 24.4. The molecule has 0 unspecified atom stereocenters. The largest absolute Gasteiger partial charge is 0.490 e. The average molecular weight is 534 g/mol. The van der Waals surface area contributed by atoms with E-state index in [2.05, 4.69) is 59.0 Å². The van der Waals surface area contributed by atoms with Gasteiger partial charge in [0.15, 0.2) is 0 Å². The van der Waals surface area contributed by atoms with Gasteiger partial charge in [0.05, 0.1) is 20.4 Å². The predicted octanol–water partition coefficient (Wildman–Crippen LogP) is 4.51. The molecule has 0 spiro atoms. The van der Waals surface area contributed by atoms with Crippen molar-refractivity contribution in [1.82, 2.24) is 0 Å². The van der Waals surface area contributed by atoms with E-state index < -0.39 is 0 Å². The molecule has 1 aromatic carbocycles. The summed E-state index contributed by atoms with van der Waals surface area (Å²) in [5.41, 5.74) is 0. The Bertz CT molecular complexity index is 387. The molecule has 0 radical (unpaired) electrons. The van der Waals surface area contributed by atoms with Crippen molar-refractivity contribution in [2.45, 2.75) is 26.7 Å². The van der Waals surface area contributed by atoms with E-state index in [0.29, 0.717) is 26.4 Å². The van der Waals surface area contributed by atoms with Crippen molar-refractivity contribution in [3.63, 3.8) is 0 Å². The van der Waals surface area contributed by atoms with Gasteiger partial charge in [-0.2, -0.15) is 0 Å². The Labute approximate surface area is 160 Å². The molecule has 0 N–H and O–H groups in total. The Kier molecular flexibility index (Phi) is 11.6. The maximum Gasteiger partial charge on any atom is 0.134 e. The summed E-state index contributed by atoms with van der Waals surface area (Å²) in [4.78, 5) is 0. The second-order valence-corrected chi connectivity index (χ2v) is 6.96. The number of rotatable bonds is 12. The third kappa shape index (κ3) is 8.16. The molecule has 0 atom stereocenters. The molecular formula is C16H24I2O4. The standard InChI is InChI=1S/C16H24I2O4/c1-3-5-19-7-9-21-15-11-14(18)16(12-13(15)17)22-10-8-20-6-4-2/h11-12H,3-10H2,1-2H3. The quantitative estimate of drug-likeness (QED) is 0.293. The van der Waals surface area contributed by atoms with Crippen LogP contribution in [0.5, 0.6) is 11.5 Å². The van der Waals surface area contributed by atoms with Crippen molar-refractivity contribution in [2.75, 3.05) is 39.6 Å². The highest BCUT2D eigenvalue weighted by atomic mass is 127. The van der Waals surface area contributed by atoms with Crippen LogP contribution in [0.3, 0.4) is 0 Å². The molecule has 0 amide bonds. The van der Waals surface area contributed by atoms with Gasteiger partial charge in [0.2, 0.25) is 0 Å². The topological polar surface area (TPSA) is 36.9 Å². The molecule has 0 saturated heterocycles. The van der Waals surface area contributed by atoms with Gasteiger partial charge in [-0.15, -0.1) is 0 Å². The summed E-state index contributed by atoms with van der Waals surface area (Å²) in [6.07, 6.45) is 2.06. The van der Waals surface area contributed by atoms with Gasteiger partial charge in [0.1, 0.15) is 24.7 Å². The zero-order chi connectivity index (χ0) is 16.2. The fraction of sp³-hybridized carbons (Fsp3) is 0.625. The van der Waals surface area contributed by atoms with Crippen LogP contribution in [-0.2, 0) is 9.47 Å². The van der Waals surface area contributed by atoms with Crippen molar-refractivity contribution >= 4 is 45.2 Å². The Balaban J connectivity index is 2.42. The van der Waals surface area contributed by atoms with E-state index in [1.165, 1.54) is 0 Å². The summed E-state index contributed by atoms with van der Waals surface area (Å²) in [7, 11) is 0. The summed E-state index contributed by atoms with van der Waals surface area (Å²) >= 11 is 4.53. The zero-order valence-electron chi connectivity index (χ0n) is 13.2. The molecule has 4 nitrogen and oxygen atoms in total. The maximum atomic E-state index is 5.76. The van der Waals surface area contributed by atoms with Gasteiger partial charge >= 0.3 is 0 Å². The van der Waals surface area contributed by atoms with E-state index in [1.54, 1.807) is 0 Å². The molecule has 1 aromatic rings. The van der Waals surface area contributed by atoms with Crippen LogP contribution < -0.4 is 9.47 Å². The van der Waals surface area contributed by atoms with Crippen LogP contribution in [-0.4, -0.2) is 39.6 Å². The van der Waals surface area contributed by atoms with Crippen LogP contribution >= 0.6 is 45.2 Å². The lowest BCUT2D eigenvalue weighted by Gasteiger charge is -2.13. The van der Waals surface area contributed by atoms with Crippen molar-refractivity contribution in [3.8, 4) is 11.5 Å². The van der Waals surface area contributed by atoms with E-state index in [4.69, 9.17) is 18.9 Å². The first-order chi connectivity index (χ1) is 10.7. The van der Waals surface area contributed by atoms with Gasteiger partial charge in [-0.25, -0.2) is 0 Å². The normalized spacial score (nSPS) is 10.7. The number of hydrogen-bond acceptors (Lipinski definition) is 4. The van der Waals surface area contributed by atoms with E-state index in [-0.39, 0.29) is 0 Å². The molecule has 0 aliphatic carbocycles. The predicted molar refractivity (Wildman–Crippen MR) is 105 cm³/mol. The number of halogens is 2. The lowest BCUT2D eigenvalue weighted by molar-refractivity contribution is 0.0989. The first-order valence-corrected chi connectivity index (χ1v) is 9.74. The minimum Gasteiger partial charge on any atom is -0.490 e. The number of ether oxygens (including phenoxy) is 4. The lowest BCUT2D eigenvalue weighted by Crippen LogP contribution is -2.09. The molecule has 6 heteroatoms. The van der Waals surface area contributed by atoms with Gasteiger partial charge in [-0.1, -0.05) is 13.8 Å². The highest BCUT2D eigenvalue weighted by Gasteiger charge is 2.09. The van der Waals surface area contributed by atoms with Crippen LogP contribution in [0.1, 0.15) is 26.7 Å². The molecular weight excluding hydrogens is 510 g/mol. The summed E-state index contributed by atoms with van der Waals surface area (Å²) in [5, 5.41) is 0. The monoisotopic (exact) mass is 534 g/mol. The first kappa shape index (κ1) is 20.2. The number of hydrogen-bond donors (Lipinski definition) is 0. The highest BCUT2D eigenvalue weighted by Crippen LogP contribution is 2.31. The van der Waals surface area contributed by atoms with Crippen LogP contribution in [0.15, 0.2) is 12.1 Å². The minimum atomic E-state index is 0.567. The van der Waals surface area contributed by atoms with E-state index in [0.717, 1.165) is 44.7 Å². The third-order valence-electron chi connectivity index (χ3n) is 2.65. The molecule has 0 saturated carbocycles. The third-order valence-corrected chi connectivity index (χ3v) is 4.34. The van der Waals surface area contributed by atoms with E-state index >= 15 is 0 Å². The second kappa shape index (κ2) is 12.6. The smallest absolute Gasteiger partial charge is 0.134 e. The van der Waals surface area contributed by atoms with E-state index in [9.17, 15) is 0 Å². The van der Waals surface area contributed by atoms with Crippen molar-refractivity contribution in [3.05, 3.63) is 19.3 Å². The van der Waals surface area contributed by atoms with Crippen molar-refractivity contribution in [1.29, 1.82) is 0 Å². The second-order valence-electron chi connectivity index (χ2n) is 4.63. The molecule has 0 aliphatic heterocycles. The highest BCUT2D eigenvalue weighted by molar-refractivity contribution is 14.1. The summed E-state index contributed by atoms with van der Waals surface area (Å²) in [6, 6.07) is 4.01. The molecule has 0 heterocycles. The first-order valence-electron chi connectivity index (χ1n) is 7.59. The minimum absolute atomic E-state index is 0.567. The van der Waals surface area contributed by atoms with Crippen molar-refractivity contribution in [2.24, 2.45) is 0 Å². The molecule has 0 fully saturated rings. The lowest BCUT2D eigenvalue weighted by atomic mass is 10.3. The summed E-state index contributed by atoms with van der Waals surface area (Å²) in [6.45, 7) is 8.13. The van der Waals surface area contributed by atoms with Gasteiger partial charge in [0, 0.05) is 13.2 Å². The fourth-order valence-electron chi connectivity index (χ4n) is 1.65. The van der Waals surface area contributed by atoms with Crippen molar-refractivity contribution < 1.29 is 18.9 Å². The molecule has 0 aromatic heterocycles.